The average molecular weight is 235 g/mol. The molecule has 1 N–H and O–H groups in total. The molecule has 0 saturated carbocycles. The van der Waals surface area contributed by atoms with Crippen molar-refractivity contribution in [2.45, 2.75) is 6.42 Å². The summed E-state index contributed by atoms with van der Waals surface area (Å²) >= 11 is 0. The molecular formula is C16H13NO. The molecule has 0 amide bonds. The first-order chi connectivity index (χ1) is 8.90. The summed E-state index contributed by atoms with van der Waals surface area (Å²) in [6, 6.07) is 17.7. The fourth-order valence-electron chi connectivity index (χ4n) is 1.57. The Morgan fingerprint density at radius 2 is 1.72 bits per heavy atom. The first-order valence-corrected chi connectivity index (χ1v) is 5.74. The smallest absolute Gasteiger partial charge is 0.131 e. The molecule has 0 radical (unpaired) electrons. The Bertz CT molecular complexity index is 579. The molecule has 88 valence electrons. The molecule has 0 unspecified atom stereocenters. The second-order valence-corrected chi connectivity index (χ2v) is 3.71. The summed E-state index contributed by atoms with van der Waals surface area (Å²) in [6.07, 6.45) is 1.07. The van der Waals surface area contributed by atoms with Crippen molar-refractivity contribution in [3.05, 3.63) is 60.2 Å². The molecule has 2 aromatic carbocycles. The third-order valence-corrected chi connectivity index (χ3v) is 2.39. The maximum atomic E-state index is 10.3. The Hall–Kier alpha value is -2.53. The van der Waals surface area contributed by atoms with Gasteiger partial charge in [-0.05, 0) is 24.3 Å². The summed E-state index contributed by atoms with van der Waals surface area (Å²) in [5.74, 6) is 5.81. The quantitative estimate of drug-likeness (QED) is 0.652. The minimum atomic E-state index is 0.264. The van der Waals surface area contributed by atoms with E-state index in [1.807, 2.05) is 54.6 Å². The lowest BCUT2D eigenvalue weighted by Crippen LogP contribution is -1.92. The second-order valence-electron chi connectivity index (χ2n) is 3.71. The first-order valence-electron chi connectivity index (χ1n) is 5.74. The fraction of sp³-hybridized carbons (Fsp3) is 0.0625. The Balaban J connectivity index is 2.23. The molecule has 2 nitrogen and oxygen atoms in total. The summed E-state index contributed by atoms with van der Waals surface area (Å²) in [7, 11) is 0. The lowest BCUT2D eigenvalue weighted by Gasteiger charge is -2.08. The Labute approximate surface area is 107 Å². The number of hydrogen-bond acceptors (Lipinski definition) is 2. The Morgan fingerprint density at radius 1 is 1.00 bits per heavy atom. The van der Waals surface area contributed by atoms with Gasteiger partial charge in [0.2, 0.25) is 0 Å². The highest BCUT2D eigenvalue weighted by Gasteiger charge is 1.98. The molecule has 0 spiro atoms. The van der Waals surface area contributed by atoms with Gasteiger partial charge in [0.1, 0.15) is 6.29 Å². The van der Waals surface area contributed by atoms with Crippen LogP contribution in [-0.2, 0) is 4.79 Å². The van der Waals surface area contributed by atoms with Gasteiger partial charge in [0.15, 0.2) is 0 Å². The first kappa shape index (κ1) is 11.9. The summed E-state index contributed by atoms with van der Waals surface area (Å²) in [5, 5.41) is 3.31. The molecule has 0 aliphatic carbocycles. The predicted molar refractivity (Wildman–Crippen MR) is 73.7 cm³/mol. The van der Waals surface area contributed by atoms with E-state index in [1.54, 1.807) is 0 Å². The van der Waals surface area contributed by atoms with Crippen molar-refractivity contribution in [2.75, 3.05) is 5.32 Å². The number of nitrogens with one attached hydrogen (secondary N) is 1. The van der Waals surface area contributed by atoms with Crippen LogP contribution in [0.25, 0.3) is 0 Å². The van der Waals surface area contributed by atoms with Crippen molar-refractivity contribution in [3.63, 3.8) is 0 Å². The number of aldehydes is 1. The van der Waals surface area contributed by atoms with Crippen molar-refractivity contribution < 1.29 is 4.79 Å². The molecule has 2 aromatic rings. The van der Waals surface area contributed by atoms with Gasteiger partial charge in [0.05, 0.1) is 12.1 Å². The zero-order chi connectivity index (χ0) is 12.6. The van der Waals surface area contributed by atoms with Crippen molar-refractivity contribution in [1.29, 1.82) is 0 Å². The van der Waals surface area contributed by atoms with Gasteiger partial charge in [-0.25, -0.2) is 0 Å². The van der Waals surface area contributed by atoms with Crippen LogP contribution in [0, 0.1) is 11.8 Å². The molecule has 0 aliphatic heterocycles. The molecular weight excluding hydrogens is 222 g/mol. The number of carbonyl (C=O) groups excluding carboxylic acids is 1. The van der Waals surface area contributed by atoms with Crippen LogP contribution >= 0.6 is 0 Å². The highest BCUT2D eigenvalue weighted by Crippen LogP contribution is 2.19. The maximum Gasteiger partial charge on any atom is 0.131 e. The standard InChI is InChI=1S/C16H13NO/c18-13-7-6-9-14-8-4-5-12-16(14)17-15-10-2-1-3-11-15/h1-5,8,10-13,17H,7H2. The van der Waals surface area contributed by atoms with Crippen LogP contribution in [0.15, 0.2) is 54.6 Å². The molecule has 0 aliphatic rings. The molecule has 2 rings (SSSR count). The van der Waals surface area contributed by atoms with Gasteiger partial charge in [0, 0.05) is 11.3 Å². The van der Waals surface area contributed by atoms with E-state index in [1.165, 1.54) is 0 Å². The topological polar surface area (TPSA) is 29.1 Å². The third-order valence-electron chi connectivity index (χ3n) is 2.39. The lowest BCUT2D eigenvalue weighted by atomic mass is 10.1. The van der Waals surface area contributed by atoms with Crippen LogP contribution in [0.3, 0.4) is 0 Å². The van der Waals surface area contributed by atoms with Gasteiger partial charge >= 0.3 is 0 Å². The molecule has 18 heavy (non-hydrogen) atoms. The zero-order valence-electron chi connectivity index (χ0n) is 9.89. The SMILES string of the molecule is O=CCC#Cc1ccccc1Nc1ccccc1. The van der Waals surface area contributed by atoms with E-state index in [0.29, 0.717) is 0 Å². The van der Waals surface area contributed by atoms with Crippen LogP contribution < -0.4 is 5.32 Å². The second kappa shape index (κ2) is 6.27. The van der Waals surface area contributed by atoms with Crippen LogP contribution in [0.4, 0.5) is 11.4 Å². The minimum Gasteiger partial charge on any atom is -0.355 e. The van der Waals surface area contributed by atoms with Gasteiger partial charge in [-0.1, -0.05) is 42.2 Å². The highest BCUT2D eigenvalue weighted by atomic mass is 16.1. The summed E-state index contributed by atoms with van der Waals surface area (Å²) < 4.78 is 0. The minimum absolute atomic E-state index is 0.264. The van der Waals surface area contributed by atoms with Crippen molar-refractivity contribution >= 4 is 17.7 Å². The van der Waals surface area contributed by atoms with E-state index in [4.69, 9.17) is 0 Å². The molecule has 0 aromatic heterocycles. The zero-order valence-corrected chi connectivity index (χ0v) is 9.89. The Kier molecular flexibility index (Phi) is 4.16. The van der Waals surface area contributed by atoms with Crippen molar-refractivity contribution in [1.82, 2.24) is 0 Å². The van der Waals surface area contributed by atoms with E-state index in [0.717, 1.165) is 23.2 Å². The number of anilines is 2. The van der Waals surface area contributed by atoms with Crippen LogP contribution in [0.5, 0.6) is 0 Å². The Morgan fingerprint density at radius 3 is 2.50 bits per heavy atom. The van der Waals surface area contributed by atoms with Gasteiger partial charge in [-0.15, -0.1) is 0 Å². The number of carbonyl (C=O) groups is 1. The van der Waals surface area contributed by atoms with E-state index in [2.05, 4.69) is 17.2 Å². The molecule has 0 saturated heterocycles. The van der Waals surface area contributed by atoms with Crippen LogP contribution in [0.2, 0.25) is 0 Å². The summed E-state index contributed by atoms with van der Waals surface area (Å²) in [6.45, 7) is 0. The van der Waals surface area contributed by atoms with E-state index in [9.17, 15) is 4.79 Å². The molecule has 0 heterocycles. The summed E-state index contributed by atoms with van der Waals surface area (Å²) in [5.41, 5.74) is 2.85. The van der Waals surface area contributed by atoms with Crippen molar-refractivity contribution in [2.24, 2.45) is 0 Å². The van der Waals surface area contributed by atoms with Gasteiger partial charge < -0.3 is 10.1 Å². The normalized spacial score (nSPS) is 9.11. The number of para-hydroxylation sites is 2. The molecule has 0 fully saturated rings. The highest BCUT2D eigenvalue weighted by molar-refractivity contribution is 5.67. The van der Waals surface area contributed by atoms with E-state index in [-0.39, 0.29) is 6.42 Å². The fourth-order valence-corrected chi connectivity index (χ4v) is 1.57. The van der Waals surface area contributed by atoms with E-state index >= 15 is 0 Å². The van der Waals surface area contributed by atoms with Gasteiger partial charge in [-0.2, -0.15) is 0 Å². The molecule has 2 heteroatoms. The summed E-state index contributed by atoms with van der Waals surface area (Å²) in [4.78, 5) is 10.3. The van der Waals surface area contributed by atoms with Gasteiger partial charge in [-0.3, -0.25) is 0 Å². The maximum absolute atomic E-state index is 10.3. The number of rotatable bonds is 3. The predicted octanol–water partition coefficient (Wildman–Crippen LogP) is 3.37. The number of hydrogen-bond donors (Lipinski definition) is 1. The number of benzene rings is 2. The van der Waals surface area contributed by atoms with Crippen LogP contribution in [0.1, 0.15) is 12.0 Å². The largest absolute Gasteiger partial charge is 0.355 e. The van der Waals surface area contributed by atoms with Crippen molar-refractivity contribution in [3.8, 4) is 11.8 Å². The lowest BCUT2D eigenvalue weighted by molar-refractivity contribution is -0.107. The monoisotopic (exact) mass is 235 g/mol. The third kappa shape index (κ3) is 3.23. The van der Waals surface area contributed by atoms with Crippen LogP contribution in [-0.4, -0.2) is 6.29 Å². The average Bonchev–Trinajstić information content (AvgIpc) is 2.42. The van der Waals surface area contributed by atoms with E-state index < -0.39 is 0 Å². The van der Waals surface area contributed by atoms with Gasteiger partial charge in [0.25, 0.3) is 0 Å². The molecule has 0 atom stereocenters. The molecule has 0 bridgehead atoms.